The van der Waals surface area contributed by atoms with E-state index in [0.29, 0.717) is 13.2 Å². The maximum Gasteiger partial charge on any atom is 0.161 e. The van der Waals surface area contributed by atoms with Gasteiger partial charge in [-0.2, -0.15) is 0 Å². The Hall–Kier alpha value is -1.82. The van der Waals surface area contributed by atoms with E-state index in [4.69, 9.17) is 18.9 Å². The summed E-state index contributed by atoms with van der Waals surface area (Å²) in [6, 6.07) is 15.8. The molecule has 0 saturated carbocycles. The topological polar surface area (TPSA) is 85.0 Å². The summed E-state index contributed by atoms with van der Waals surface area (Å²) in [6.45, 7) is 9.45. The molecular formula is C34H54N4O4S2. The molecule has 4 rings (SSSR count). The van der Waals surface area contributed by atoms with Crippen molar-refractivity contribution in [2.24, 2.45) is 0 Å². The van der Waals surface area contributed by atoms with Gasteiger partial charge in [-0.1, -0.05) is 71.5 Å². The molecule has 0 radical (unpaired) electrons. The number of unbranched alkanes of at least 4 members (excludes halogenated alkanes) is 6. The van der Waals surface area contributed by atoms with Crippen LogP contribution in [-0.4, -0.2) is 89.3 Å². The average Bonchev–Trinajstić information content (AvgIpc) is 3.06. The lowest BCUT2D eigenvalue weighted by atomic mass is 10.2. The second-order valence-electron chi connectivity index (χ2n) is 11.4. The van der Waals surface area contributed by atoms with Crippen molar-refractivity contribution >= 4 is 21.6 Å². The number of para-hydroxylation sites is 4. The maximum atomic E-state index is 5.99. The van der Waals surface area contributed by atoms with Crippen LogP contribution in [0.25, 0.3) is 0 Å². The SMILES string of the molecule is c1ccc2c(c1)OC[C@@H](CNCCCCCCNCCSSCCNCCCCCCNC[C@@H]1COc3ccccc3O1)O2. The highest BCUT2D eigenvalue weighted by atomic mass is 33.1. The predicted molar refractivity (Wildman–Crippen MR) is 186 cm³/mol. The Labute approximate surface area is 273 Å². The molecule has 246 valence electrons. The van der Waals surface area contributed by atoms with Crippen LogP contribution in [0.2, 0.25) is 0 Å². The monoisotopic (exact) mass is 646 g/mol. The Kier molecular flexibility index (Phi) is 18.0. The third-order valence-electron chi connectivity index (χ3n) is 7.60. The molecule has 0 spiro atoms. The zero-order chi connectivity index (χ0) is 30.3. The molecule has 2 atom stereocenters. The minimum atomic E-state index is 0.0972. The Morgan fingerprint density at radius 1 is 0.477 bits per heavy atom. The summed E-state index contributed by atoms with van der Waals surface area (Å²) in [7, 11) is 3.98. The minimum absolute atomic E-state index is 0.0972. The molecule has 10 heteroatoms. The first kappa shape index (κ1) is 35.0. The molecule has 0 saturated heterocycles. The fraction of sp³-hybridized carbons (Fsp3) is 0.647. The van der Waals surface area contributed by atoms with Crippen LogP contribution in [0.4, 0.5) is 0 Å². The summed E-state index contributed by atoms with van der Waals surface area (Å²) in [5.74, 6) is 5.76. The Morgan fingerprint density at radius 3 is 1.30 bits per heavy atom. The van der Waals surface area contributed by atoms with Crippen molar-refractivity contribution in [3.63, 3.8) is 0 Å². The second-order valence-corrected chi connectivity index (χ2v) is 14.1. The van der Waals surface area contributed by atoms with Crippen molar-refractivity contribution in [2.75, 3.05) is 77.1 Å². The van der Waals surface area contributed by atoms with Gasteiger partial charge in [-0.15, -0.1) is 0 Å². The van der Waals surface area contributed by atoms with Crippen LogP contribution in [0, 0.1) is 0 Å². The van der Waals surface area contributed by atoms with Crippen LogP contribution in [-0.2, 0) is 0 Å². The van der Waals surface area contributed by atoms with E-state index in [9.17, 15) is 0 Å². The van der Waals surface area contributed by atoms with Gasteiger partial charge in [0, 0.05) is 37.7 Å². The molecule has 2 aliphatic heterocycles. The third-order valence-corrected chi connectivity index (χ3v) is 10.0. The van der Waals surface area contributed by atoms with Crippen molar-refractivity contribution < 1.29 is 18.9 Å². The molecule has 44 heavy (non-hydrogen) atoms. The lowest BCUT2D eigenvalue weighted by Crippen LogP contribution is -2.38. The molecule has 0 fully saturated rings. The Morgan fingerprint density at radius 2 is 0.864 bits per heavy atom. The highest BCUT2D eigenvalue weighted by molar-refractivity contribution is 8.76. The van der Waals surface area contributed by atoms with Crippen LogP contribution in [0.5, 0.6) is 23.0 Å². The van der Waals surface area contributed by atoms with E-state index in [1.165, 1.54) is 62.9 Å². The van der Waals surface area contributed by atoms with Gasteiger partial charge in [0.2, 0.25) is 0 Å². The largest absolute Gasteiger partial charge is 0.486 e. The molecular weight excluding hydrogens is 593 g/mol. The molecule has 4 N–H and O–H groups in total. The smallest absolute Gasteiger partial charge is 0.161 e. The lowest BCUT2D eigenvalue weighted by molar-refractivity contribution is 0.0905. The normalized spacial score (nSPS) is 17.1. The predicted octanol–water partition coefficient (Wildman–Crippen LogP) is 5.53. The molecule has 2 aromatic rings. The van der Waals surface area contributed by atoms with Gasteiger partial charge in [-0.3, -0.25) is 0 Å². The first-order chi connectivity index (χ1) is 21.9. The first-order valence-corrected chi connectivity index (χ1v) is 19.2. The standard InChI is InChI=1S/C34H54N4O4S2/c1(3-11-19-37-25-29-27-39-31-13-5-7-15-33(31)41-29)9-17-35-21-23-43-44-24-22-36-18-10-2-4-12-20-38-26-30-28-40-32-14-6-8-16-34(32)42-30/h5-8,13-16,29-30,35-38H,1-4,9-12,17-28H2/t29-,30-/m1/s1. The summed E-state index contributed by atoms with van der Waals surface area (Å²) < 4.78 is 23.5. The van der Waals surface area contributed by atoms with Crippen LogP contribution in [0.3, 0.4) is 0 Å². The zero-order valence-corrected chi connectivity index (χ0v) is 28.0. The van der Waals surface area contributed by atoms with Gasteiger partial charge in [0.05, 0.1) is 0 Å². The Bertz CT molecular complexity index is 941. The maximum absolute atomic E-state index is 5.99. The van der Waals surface area contributed by atoms with Gasteiger partial charge in [0.15, 0.2) is 23.0 Å². The second kappa shape index (κ2) is 22.6. The van der Waals surface area contributed by atoms with Gasteiger partial charge in [0.1, 0.15) is 25.4 Å². The van der Waals surface area contributed by atoms with Gasteiger partial charge in [0.25, 0.3) is 0 Å². The fourth-order valence-electron chi connectivity index (χ4n) is 5.16. The number of nitrogens with one attached hydrogen (secondary N) is 4. The van der Waals surface area contributed by atoms with Gasteiger partial charge >= 0.3 is 0 Å². The molecule has 2 aromatic carbocycles. The van der Waals surface area contributed by atoms with Gasteiger partial charge in [-0.25, -0.2) is 0 Å². The van der Waals surface area contributed by atoms with E-state index < -0.39 is 0 Å². The molecule has 8 nitrogen and oxygen atoms in total. The number of rotatable bonds is 25. The summed E-state index contributed by atoms with van der Waals surface area (Å²) in [6.07, 6.45) is 10.3. The molecule has 0 aromatic heterocycles. The number of hydrogen-bond acceptors (Lipinski definition) is 10. The number of hydrogen-bond donors (Lipinski definition) is 4. The Balaban J connectivity index is 0.796. The summed E-state index contributed by atoms with van der Waals surface area (Å²) in [4.78, 5) is 0. The van der Waals surface area contributed by atoms with Crippen LogP contribution in [0.1, 0.15) is 51.4 Å². The fourth-order valence-corrected chi connectivity index (χ4v) is 7.05. The van der Waals surface area contributed by atoms with Crippen molar-refractivity contribution in [1.82, 2.24) is 21.3 Å². The van der Waals surface area contributed by atoms with Gasteiger partial charge < -0.3 is 40.2 Å². The quantitative estimate of drug-likeness (QED) is 0.0817. The van der Waals surface area contributed by atoms with E-state index in [1.54, 1.807) is 0 Å². The number of fused-ring (bicyclic) bond motifs is 2. The van der Waals surface area contributed by atoms with Crippen molar-refractivity contribution in [2.45, 2.75) is 63.6 Å². The molecule has 0 amide bonds. The average molecular weight is 647 g/mol. The summed E-state index contributed by atoms with van der Waals surface area (Å²) in [5, 5.41) is 14.2. The van der Waals surface area contributed by atoms with Crippen molar-refractivity contribution in [3.8, 4) is 23.0 Å². The molecule has 0 unspecified atom stereocenters. The van der Waals surface area contributed by atoms with Crippen LogP contribution < -0.4 is 40.2 Å². The molecule has 0 bridgehead atoms. The highest BCUT2D eigenvalue weighted by Gasteiger charge is 2.20. The van der Waals surface area contributed by atoms with E-state index >= 15 is 0 Å². The van der Waals surface area contributed by atoms with E-state index in [0.717, 1.165) is 75.4 Å². The van der Waals surface area contributed by atoms with Crippen LogP contribution >= 0.6 is 21.6 Å². The minimum Gasteiger partial charge on any atom is -0.486 e. The molecule has 0 aliphatic carbocycles. The summed E-state index contributed by atoms with van der Waals surface area (Å²) in [5.41, 5.74) is 0. The van der Waals surface area contributed by atoms with E-state index in [-0.39, 0.29) is 12.2 Å². The first-order valence-electron chi connectivity index (χ1n) is 16.7. The third kappa shape index (κ3) is 14.5. The number of ether oxygens (including phenoxy) is 4. The van der Waals surface area contributed by atoms with Crippen LogP contribution in [0.15, 0.2) is 48.5 Å². The summed E-state index contributed by atoms with van der Waals surface area (Å²) >= 11 is 0. The van der Waals surface area contributed by atoms with Gasteiger partial charge in [-0.05, 0) is 76.1 Å². The lowest BCUT2D eigenvalue weighted by Gasteiger charge is -2.26. The van der Waals surface area contributed by atoms with Crippen molar-refractivity contribution in [1.29, 1.82) is 0 Å². The molecule has 2 aliphatic rings. The zero-order valence-electron chi connectivity index (χ0n) is 26.4. The van der Waals surface area contributed by atoms with E-state index in [1.807, 2.05) is 70.1 Å². The molecule has 2 heterocycles. The highest BCUT2D eigenvalue weighted by Crippen LogP contribution is 2.31. The number of benzene rings is 2. The van der Waals surface area contributed by atoms with Crippen molar-refractivity contribution in [3.05, 3.63) is 48.5 Å². The van der Waals surface area contributed by atoms with E-state index in [2.05, 4.69) is 21.3 Å².